The van der Waals surface area contributed by atoms with Crippen molar-refractivity contribution in [3.8, 4) is 5.75 Å². The van der Waals surface area contributed by atoms with E-state index in [-0.39, 0.29) is 6.61 Å². The van der Waals surface area contributed by atoms with Crippen molar-refractivity contribution in [2.75, 3.05) is 23.8 Å². The van der Waals surface area contributed by atoms with Crippen molar-refractivity contribution in [2.24, 2.45) is 5.73 Å². The van der Waals surface area contributed by atoms with Crippen LogP contribution in [0.4, 0.5) is 23.1 Å². The van der Waals surface area contributed by atoms with Gasteiger partial charge in [-0.05, 0) is 54.6 Å². The lowest BCUT2D eigenvalue weighted by Gasteiger charge is -2.10. The number of aliphatic hydroxyl groups excluding tert-OH is 1. The van der Waals surface area contributed by atoms with Gasteiger partial charge < -0.3 is 26.2 Å². The molecule has 166 valence electrons. The van der Waals surface area contributed by atoms with E-state index in [2.05, 4.69) is 20.6 Å². The molecule has 9 heteroatoms. The molecule has 0 bridgehead atoms. The Morgan fingerprint density at radius 1 is 1.06 bits per heavy atom. The summed E-state index contributed by atoms with van der Waals surface area (Å²) in [6.45, 7) is 4.48. The van der Waals surface area contributed by atoms with E-state index < -0.39 is 0 Å². The van der Waals surface area contributed by atoms with Gasteiger partial charge >= 0.3 is 0 Å². The highest BCUT2D eigenvalue weighted by Gasteiger charge is 2.05. The smallest absolute Gasteiger partial charge is 0.229 e. The summed E-state index contributed by atoms with van der Waals surface area (Å²) >= 11 is 12.2. The third-order valence-electron chi connectivity index (χ3n) is 3.53. The van der Waals surface area contributed by atoms with Crippen LogP contribution in [0.5, 0.6) is 5.75 Å². The average Bonchev–Trinajstić information content (AvgIpc) is 2.72. The van der Waals surface area contributed by atoms with Gasteiger partial charge in [0.05, 0.1) is 17.3 Å². The Labute approximate surface area is 192 Å². The van der Waals surface area contributed by atoms with Crippen LogP contribution in [0.1, 0.15) is 20.3 Å². The normalized spacial score (nSPS) is 10.3. The van der Waals surface area contributed by atoms with Crippen LogP contribution < -0.4 is 21.1 Å². The van der Waals surface area contributed by atoms with Crippen molar-refractivity contribution in [2.45, 2.75) is 26.3 Å². The van der Waals surface area contributed by atoms with Crippen LogP contribution in [-0.2, 0) is 0 Å². The quantitative estimate of drug-likeness (QED) is 0.332. The molecule has 0 spiro atoms. The first-order chi connectivity index (χ1) is 14.9. The number of hydrogen-bond donors (Lipinski definition) is 4. The van der Waals surface area contributed by atoms with Gasteiger partial charge in [0.1, 0.15) is 11.6 Å². The number of hydrogen-bond acceptors (Lipinski definition) is 7. The maximum absolute atomic E-state index is 8.77. The number of nitrogens with two attached hydrogens (primary N) is 1. The lowest BCUT2D eigenvalue weighted by molar-refractivity contribution is 0.233. The van der Waals surface area contributed by atoms with Crippen LogP contribution in [0, 0.1) is 0 Å². The first kappa shape index (κ1) is 24.7. The van der Waals surface area contributed by atoms with Crippen molar-refractivity contribution >= 4 is 46.3 Å². The van der Waals surface area contributed by atoms with Crippen LogP contribution in [0.2, 0.25) is 10.0 Å². The third kappa shape index (κ3) is 9.40. The molecular formula is C22H27Cl2N5O2. The summed E-state index contributed by atoms with van der Waals surface area (Å²) in [6, 6.07) is 14.7. The van der Waals surface area contributed by atoms with E-state index >= 15 is 0 Å². The van der Waals surface area contributed by atoms with E-state index in [0.717, 1.165) is 11.4 Å². The van der Waals surface area contributed by atoms with E-state index in [1.165, 1.54) is 0 Å². The van der Waals surface area contributed by atoms with Crippen LogP contribution in [0.15, 0.2) is 54.7 Å². The Morgan fingerprint density at radius 2 is 1.77 bits per heavy atom. The Bertz CT molecular complexity index is 937. The molecule has 3 aromatic rings. The molecule has 0 unspecified atom stereocenters. The second-order valence-electron chi connectivity index (χ2n) is 6.83. The Kier molecular flexibility index (Phi) is 10.3. The van der Waals surface area contributed by atoms with Crippen molar-refractivity contribution in [1.29, 1.82) is 0 Å². The molecule has 0 aliphatic rings. The van der Waals surface area contributed by atoms with Crippen LogP contribution in [-0.4, -0.2) is 34.3 Å². The number of halogens is 2. The van der Waals surface area contributed by atoms with E-state index in [0.29, 0.717) is 46.6 Å². The Balaban J connectivity index is 0.000000785. The molecule has 5 N–H and O–H groups in total. The van der Waals surface area contributed by atoms with Crippen LogP contribution in [0.3, 0.4) is 0 Å². The number of rotatable bonds is 8. The van der Waals surface area contributed by atoms with Gasteiger partial charge in [-0.1, -0.05) is 37.0 Å². The average molecular weight is 464 g/mol. The molecule has 0 radical (unpaired) electrons. The summed E-state index contributed by atoms with van der Waals surface area (Å²) in [5, 5.41) is 16.2. The number of ether oxygens (including phenoxy) is 1. The highest BCUT2D eigenvalue weighted by molar-refractivity contribution is 6.35. The summed E-state index contributed by atoms with van der Waals surface area (Å²) in [4.78, 5) is 8.64. The fraction of sp³-hybridized carbons (Fsp3) is 0.273. The fourth-order valence-corrected chi connectivity index (χ4v) is 2.57. The Morgan fingerprint density at radius 3 is 2.45 bits per heavy atom. The van der Waals surface area contributed by atoms with Gasteiger partial charge in [-0.2, -0.15) is 4.98 Å². The van der Waals surface area contributed by atoms with Gasteiger partial charge in [0, 0.05) is 29.9 Å². The minimum atomic E-state index is 0.113. The van der Waals surface area contributed by atoms with Gasteiger partial charge in [-0.15, -0.1) is 0 Å². The molecule has 0 saturated heterocycles. The first-order valence-electron chi connectivity index (χ1n) is 9.79. The summed E-state index contributed by atoms with van der Waals surface area (Å²) < 4.78 is 5.51. The third-order valence-corrected chi connectivity index (χ3v) is 4.09. The molecule has 3 rings (SSSR count). The molecule has 7 nitrogen and oxygen atoms in total. The minimum Gasteiger partial charge on any atom is -0.494 e. The largest absolute Gasteiger partial charge is 0.494 e. The van der Waals surface area contributed by atoms with Crippen molar-refractivity contribution in [3.63, 3.8) is 0 Å². The minimum absolute atomic E-state index is 0.113. The zero-order valence-corrected chi connectivity index (χ0v) is 19.0. The zero-order chi connectivity index (χ0) is 22.6. The molecule has 31 heavy (non-hydrogen) atoms. The topological polar surface area (TPSA) is 105 Å². The van der Waals surface area contributed by atoms with E-state index in [1.54, 1.807) is 30.5 Å². The number of anilines is 4. The number of benzene rings is 2. The van der Waals surface area contributed by atoms with Crippen LogP contribution in [0.25, 0.3) is 0 Å². The molecule has 0 amide bonds. The Hall–Kier alpha value is -2.58. The second-order valence-corrected chi connectivity index (χ2v) is 7.68. The van der Waals surface area contributed by atoms with Crippen molar-refractivity contribution in [1.82, 2.24) is 9.97 Å². The highest BCUT2D eigenvalue weighted by Crippen LogP contribution is 2.28. The van der Waals surface area contributed by atoms with E-state index in [4.69, 9.17) is 38.8 Å². The maximum atomic E-state index is 8.77. The van der Waals surface area contributed by atoms with Gasteiger partial charge in [0.25, 0.3) is 0 Å². The molecule has 0 atom stereocenters. The summed E-state index contributed by atoms with van der Waals surface area (Å²) in [5.41, 5.74) is 6.60. The number of aliphatic hydroxyl groups is 1. The van der Waals surface area contributed by atoms with E-state index in [9.17, 15) is 0 Å². The molecule has 0 saturated carbocycles. The highest BCUT2D eigenvalue weighted by atomic mass is 35.5. The summed E-state index contributed by atoms with van der Waals surface area (Å²) in [6.07, 6.45) is 2.24. The SMILES string of the molecule is CC(C)N.OCCCOc1ccc(Nc2nccc(Nc3cc(Cl)ccc3Cl)n2)cc1. The lowest BCUT2D eigenvalue weighted by Crippen LogP contribution is -2.06. The molecule has 1 aromatic heterocycles. The number of aromatic nitrogens is 2. The van der Waals surface area contributed by atoms with Gasteiger partial charge in [-0.25, -0.2) is 4.98 Å². The van der Waals surface area contributed by atoms with E-state index in [1.807, 2.05) is 38.1 Å². The van der Waals surface area contributed by atoms with Gasteiger partial charge in [0.15, 0.2) is 0 Å². The van der Waals surface area contributed by atoms with Gasteiger partial charge in [-0.3, -0.25) is 0 Å². The van der Waals surface area contributed by atoms with Crippen molar-refractivity contribution in [3.05, 3.63) is 64.8 Å². The second kappa shape index (κ2) is 13.0. The number of nitrogens with one attached hydrogen (secondary N) is 2. The van der Waals surface area contributed by atoms with Crippen LogP contribution >= 0.6 is 23.2 Å². The molecule has 0 aliphatic heterocycles. The lowest BCUT2D eigenvalue weighted by atomic mass is 10.3. The molecule has 1 heterocycles. The predicted molar refractivity (Wildman–Crippen MR) is 128 cm³/mol. The maximum Gasteiger partial charge on any atom is 0.229 e. The molecule has 0 aliphatic carbocycles. The van der Waals surface area contributed by atoms with Gasteiger partial charge in [0.2, 0.25) is 5.95 Å². The first-order valence-corrected chi connectivity index (χ1v) is 10.5. The predicted octanol–water partition coefficient (Wildman–Crippen LogP) is 5.39. The summed E-state index contributed by atoms with van der Waals surface area (Å²) in [5.74, 6) is 1.76. The molecule has 0 fully saturated rings. The molecular weight excluding hydrogens is 437 g/mol. The molecule has 2 aromatic carbocycles. The number of nitrogens with zero attached hydrogens (tertiary/aromatic N) is 2. The monoisotopic (exact) mass is 463 g/mol. The summed E-state index contributed by atoms with van der Waals surface area (Å²) in [7, 11) is 0. The van der Waals surface area contributed by atoms with Crippen molar-refractivity contribution < 1.29 is 9.84 Å². The standard InChI is InChI=1S/C19H18Cl2N4O2.C3H9N/c20-13-2-7-16(21)17(12-13)24-18-8-9-22-19(25-18)23-14-3-5-15(6-4-14)27-11-1-10-26;1-3(2)4/h2-9,12,26H,1,10-11H2,(H2,22,23,24,25);3H,4H2,1-2H3. The zero-order valence-electron chi connectivity index (χ0n) is 17.5. The fourth-order valence-electron chi connectivity index (χ4n) is 2.24.